The van der Waals surface area contributed by atoms with Gasteiger partial charge in [-0.2, -0.15) is 12.6 Å². The number of hydrogen-bond acceptors (Lipinski definition) is 2. The Bertz CT molecular complexity index is 104. The van der Waals surface area contributed by atoms with Crippen LogP contribution in [0.15, 0.2) is 0 Å². The first kappa shape index (κ1) is 13.4. The molecule has 3 heteroatoms. The van der Waals surface area contributed by atoms with Crippen LogP contribution in [0.25, 0.3) is 0 Å². The Balaban J connectivity index is 0. The fourth-order valence-corrected chi connectivity index (χ4v) is 0.984. The first-order chi connectivity index (χ1) is 5.04. The van der Waals surface area contributed by atoms with Crippen molar-refractivity contribution in [2.75, 3.05) is 0 Å². The van der Waals surface area contributed by atoms with Crippen molar-refractivity contribution in [3.05, 3.63) is 0 Å². The second kappa shape index (κ2) is 7.92. The molecule has 0 bridgehead atoms. The second-order valence-corrected chi connectivity index (χ2v) is 3.17. The lowest BCUT2D eigenvalue weighted by Crippen LogP contribution is -2.24. The van der Waals surface area contributed by atoms with Crippen molar-refractivity contribution < 1.29 is 4.79 Å². The number of hydrogen-bond donors (Lipinski definition) is 2. The first-order valence-corrected chi connectivity index (χ1v) is 4.53. The number of carbonyl (C=O) groups is 1. The molecule has 11 heavy (non-hydrogen) atoms. The molecule has 1 unspecified atom stereocenters. The normalized spacial score (nSPS) is 11.8. The zero-order valence-electron chi connectivity index (χ0n) is 7.79. The van der Waals surface area contributed by atoms with Gasteiger partial charge in [0.15, 0.2) is 0 Å². The van der Waals surface area contributed by atoms with Crippen LogP contribution >= 0.6 is 12.6 Å². The van der Waals surface area contributed by atoms with Crippen molar-refractivity contribution >= 4 is 18.5 Å². The lowest BCUT2D eigenvalue weighted by Gasteiger charge is -2.07. The van der Waals surface area contributed by atoms with Crippen LogP contribution in [-0.2, 0) is 4.79 Å². The van der Waals surface area contributed by atoms with Crippen molar-refractivity contribution in [1.29, 1.82) is 0 Å². The van der Waals surface area contributed by atoms with Crippen LogP contribution < -0.4 is 5.73 Å². The number of thiol groups is 1. The average Bonchev–Trinajstić information content (AvgIpc) is 1.90. The van der Waals surface area contributed by atoms with E-state index in [1.165, 1.54) is 0 Å². The van der Waals surface area contributed by atoms with Gasteiger partial charge in [-0.3, -0.25) is 4.79 Å². The summed E-state index contributed by atoms with van der Waals surface area (Å²) in [5, 5.41) is -0.273. The predicted molar refractivity (Wildman–Crippen MR) is 52.8 cm³/mol. The van der Waals surface area contributed by atoms with Gasteiger partial charge in [-0.05, 0) is 12.3 Å². The highest BCUT2D eigenvalue weighted by atomic mass is 32.1. The molecule has 0 rings (SSSR count). The number of amides is 1. The highest BCUT2D eigenvalue weighted by Crippen LogP contribution is 2.08. The van der Waals surface area contributed by atoms with Gasteiger partial charge >= 0.3 is 0 Å². The van der Waals surface area contributed by atoms with Gasteiger partial charge in [0.1, 0.15) is 0 Å². The Labute approximate surface area is 75.0 Å². The van der Waals surface area contributed by atoms with Crippen LogP contribution in [0.5, 0.6) is 0 Å². The Morgan fingerprint density at radius 3 is 1.91 bits per heavy atom. The number of primary amides is 1. The van der Waals surface area contributed by atoms with Crippen molar-refractivity contribution in [1.82, 2.24) is 0 Å². The summed E-state index contributed by atoms with van der Waals surface area (Å²) in [4.78, 5) is 10.4. The second-order valence-electron chi connectivity index (χ2n) is 2.55. The van der Waals surface area contributed by atoms with Crippen molar-refractivity contribution in [2.45, 2.75) is 39.4 Å². The molecule has 0 heterocycles. The highest BCUT2D eigenvalue weighted by Gasteiger charge is 2.10. The molecule has 0 aromatic heterocycles. The Kier molecular flexibility index (Phi) is 9.66. The molecule has 0 radical (unpaired) electrons. The standard InChI is InChI=1S/C6H13NOS.C2H6/c1-4(2)3-5(9)6(7)8;1-2/h4-5,9H,3H2,1-2H3,(H2,7,8);1-2H3. The van der Waals surface area contributed by atoms with E-state index < -0.39 is 0 Å². The number of carbonyl (C=O) groups excluding carboxylic acids is 1. The van der Waals surface area contributed by atoms with Gasteiger partial charge < -0.3 is 5.73 Å². The zero-order chi connectivity index (χ0) is 9.44. The minimum atomic E-state index is -0.327. The van der Waals surface area contributed by atoms with E-state index in [1.807, 2.05) is 27.7 Å². The predicted octanol–water partition coefficient (Wildman–Crippen LogP) is 1.84. The van der Waals surface area contributed by atoms with Crippen LogP contribution in [0.3, 0.4) is 0 Å². The summed E-state index contributed by atoms with van der Waals surface area (Å²) in [6.07, 6.45) is 0.762. The lowest BCUT2D eigenvalue weighted by atomic mass is 10.1. The topological polar surface area (TPSA) is 43.1 Å². The molecule has 2 N–H and O–H groups in total. The molecular formula is C8H19NOS. The maximum Gasteiger partial charge on any atom is 0.230 e. The molecule has 68 valence electrons. The van der Waals surface area contributed by atoms with Gasteiger partial charge in [-0.25, -0.2) is 0 Å². The largest absolute Gasteiger partial charge is 0.369 e. The van der Waals surface area contributed by atoms with Crippen molar-refractivity contribution in [3.63, 3.8) is 0 Å². The first-order valence-electron chi connectivity index (χ1n) is 4.01. The molecule has 0 fully saturated rings. The van der Waals surface area contributed by atoms with Gasteiger partial charge in [0.25, 0.3) is 0 Å². The summed E-state index contributed by atoms with van der Waals surface area (Å²) in [5.41, 5.74) is 4.97. The molecule has 0 spiro atoms. The Morgan fingerprint density at radius 2 is 1.82 bits per heavy atom. The van der Waals surface area contributed by atoms with Gasteiger partial charge in [0.05, 0.1) is 5.25 Å². The minimum absolute atomic E-state index is 0.273. The zero-order valence-corrected chi connectivity index (χ0v) is 8.69. The van der Waals surface area contributed by atoms with Crippen molar-refractivity contribution in [3.8, 4) is 0 Å². The Hall–Kier alpha value is -0.180. The van der Waals surface area contributed by atoms with Crippen LogP contribution in [0.2, 0.25) is 0 Å². The maximum absolute atomic E-state index is 10.4. The molecule has 1 atom stereocenters. The fraction of sp³-hybridized carbons (Fsp3) is 0.875. The van der Waals surface area contributed by atoms with Gasteiger partial charge in [0, 0.05) is 0 Å². The van der Waals surface area contributed by atoms with Gasteiger partial charge in [-0.15, -0.1) is 0 Å². The third kappa shape index (κ3) is 9.82. The van der Waals surface area contributed by atoms with E-state index in [1.54, 1.807) is 0 Å². The summed E-state index contributed by atoms with van der Waals surface area (Å²) in [7, 11) is 0. The lowest BCUT2D eigenvalue weighted by molar-refractivity contribution is -0.117. The molecule has 0 saturated carbocycles. The molecule has 0 aromatic rings. The molecular weight excluding hydrogens is 158 g/mol. The summed E-state index contributed by atoms with van der Waals surface area (Å²) < 4.78 is 0. The number of nitrogens with two attached hydrogens (primary N) is 1. The third-order valence-electron chi connectivity index (χ3n) is 1.02. The minimum Gasteiger partial charge on any atom is -0.369 e. The van der Waals surface area contributed by atoms with E-state index in [4.69, 9.17) is 5.73 Å². The van der Waals surface area contributed by atoms with E-state index in [9.17, 15) is 4.79 Å². The van der Waals surface area contributed by atoms with Crippen LogP contribution in [0.4, 0.5) is 0 Å². The molecule has 0 saturated heterocycles. The summed E-state index contributed by atoms with van der Waals surface area (Å²) in [6, 6.07) is 0. The van der Waals surface area contributed by atoms with E-state index in [-0.39, 0.29) is 11.2 Å². The van der Waals surface area contributed by atoms with Gasteiger partial charge in [0.2, 0.25) is 5.91 Å². The average molecular weight is 177 g/mol. The molecule has 1 amide bonds. The molecule has 0 aliphatic heterocycles. The van der Waals surface area contributed by atoms with Crippen LogP contribution in [0, 0.1) is 5.92 Å². The molecule has 0 aliphatic rings. The van der Waals surface area contributed by atoms with E-state index in [2.05, 4.69) is 12.6 Å². The van der Waals surface area contributed by atoms with Crippen LogP contribution in [-0.4, -0.2) is 11.2 Å². The molecule has 0 aromatic carbocycles. The smallest absolute Gasteiger partial charge is 0.230 e. The summed E-state index contributed by atoms with van der Waals surface area (Å²) in [6.45, 7) is 8.07. The van der Waals surface area contributed by atoms with E-state index >= 15 is 0 Å². The molecule has 2 nitrogen and oxygen atoms in total. The maximum atomic E-state index is 10.4. The van der Waals surface area contributed by atoms with E-state index in [0.717, 1.165) is 6.42 Å². The van der Waals surface area contributed by atoms with Crippen molar-refractivity contribution in [2.24, 2.45) is 11.7 Å². The van der Waals surface area contributed by atoms with Crippen LogP contribution in [0.1, 0.15) is 34.1 Å². The van der Waals surface area contributed by atoms with E-state index in [0.29, 0.717) is 5.92 Å². The summed E-state index contributed by atoms with van der Waals surface area (Å²) >= 11 is 3.99. The third-order valence-corrected chi connectivity index (χ3v) is 1.49. The SMILES string of the molecule is CC.CC(C)CC(S)C(N)=O. The monoisotopic (exact) mass is 177 g/mol. The summed E-state index contributed by atoms with van der Waals surface area (Å²) in [5.74, 6) is 0.159. The highest BCUT2D eigenvalue weighted by molar-refractivity contribution is 7.81. The fourth-order valence-electron chi connectivity index (χ4n) is 0.563. The Morgan fingerprint density at radius 1 is 1.45 bits per heavy atom. The molecule has 0 aliphatic carbocycles. The number of rotatable bonds is 3. The quantitative estimate of drug-likeness (QED) is 0.635. The van der Waals surface area contributed by atoms with Gasteiger partial charge in [-0.1, -0.05) is 27.7 Å².